The molecule has 0 aliphatic rings. The third-order valence-electron chi connectivity index (χ3n) is 3.43. The van der Waals surface area contributed by atoms with Gasteiger partial charge in [-0.1, -0.05) is 0 Å². The molecule has 122 valence electrons. The third kappa shape index (κ3) is 4.63. The van der Waals surface area contributed by atoms with Crippen LogP contribution < -0.4 is 5.32 Å². The fourth-order valence-electron chi connectivity index (χ4n) is 2.16. The van der Waals surface area contributed by atoms with E-state index in [0.717, 1.165) is 11.4 Å². The van der Waals surface area contributed by atoms with Crippen LogP contribution in [0.15, 0.2) is 48.8 Å². The van der Waals surface area contributed by atoms with Crippen LogP contribution in [0.25, 0.3) is 5.69 Å². The van der Waals surface area contributed by atoms with Crippen molar-refractivity contribution in [3.05, 3.63) is 54.4 Å². The molecule has 1 atom stereocenters. The molecule has 0 bridgehead atoms. The summed E-state index contributed by atoms with van der Waals surface area (Å²) in [4.78, 5) is 24.0. The lowest BCUT2D eigenvalue weighted by Crippen LogP contribution is -2.41. The van der Waals surface area contributed by atoms with Crippen LogP contribution in [0.3, 0.4) is 0 Å². The fraction of sp³-hybridized carbons (Fsp3) is 0.294. The molecule has 0 saturated heterocycles. The minimum Gasteiger partial charge on any atom is -0.467 e. The first-order valence-corrected chi connectivity index (χ1v) is 8.66. The van der Waals surface area contributed by atoms with E-state index in [1.807, 2.05) is 47.5 Å². The number of esters is 1. The standard InChI is InChI=1S/C17H20N2O3S/c1-22-17(21)15(9-12-23-2)18-16(20)13-5-7-14(8-6-13)19-10-3-4-11-19/h3-8,10-11,15H,9,12H2,1-2H3,(H,18,20). The van der Waals surface area contributed by atoms with E-state index in [0.29, 0.717) is 12.0 Å². The molecule has 1 heterocycles. The minimum atomic E-state index is -0.621. The molecular weight excluding hydrogens is 312 g/mol. The molecule has 1 amide bonds. The van der Waals surface area contributed by atoms with Gasteiger partial charge in [0.05, 0.1) is 7.11 Å². The van der Waals surface area contributed by atoms with E-state index in [9.17, 15) is 9.59 Å². The Hall–Kier alpha value is -2.21. The molecule has 1 N–H and O–H groups in total. The Morgan fingerprint density at radius 1 is 1.22 bits per heavy atom. The topological polar surface area (TPSA) is 60.3 Å². The number of amides is 1. The maximum absolute atomic E-state index is 12.3. The van der Waals surface area contributed by atoms with Gasteiger partial charge in [0.2, 0.25) is 0 Å². The molecule has 2 rings (SSSR count). The third-order valence-corrected chi connectivity index (χ3v) is 4.08. The molecule has 5 nitrogen and oxygen atoms in total. The van der Waals surface area contributed by atoms with Crippen molar-refractivity contribution >= 4 is 23.6 Å². The summed E-state index contributed by atoms with van der Waals surface area (Å²) in [7, 11) is 1.33. The lowest BCUT2D eigenvalue weighted by Gasteiger charge is -2.16. The lowest BCUT2D eigenvalue weighted by molar-refractivity contribution is -0.142. The number of thioether (sulfide) groups is 1. The number of methoxy groups -OCH3 is 1. The van der Waals surface area contributed by atoms with Crippen LogP contribution in [-0.2, 0) is 9.53 Å². The van der Waals surface area contributed by atoms with Crippen molar-refractivity contribution < 1.29 is 14.3 Å². The zero-order chi connectivity index (χ0) is 16.7. The molecule has 1 aromatic carbocycles. The first-order valence-electron chi connectivity index (χ1n) is 7.26. The average Bonchev–Trinajstić information content (AvgIpc) is 3.12. The number of nitrogens with zero attached hydrogens (tertiary/aromatic N) is 1. The van der Waals surface area contributed by atoms with E-state index in [-0.39, 0.29) is 5.91 Å². The van der Waals surface area contributed by atoms with Crippen LogP contribution in [0, 0.1) is 0 Å². The number of nitrogens with one attached hydrogen (secondary N) is 1. The highest BCUT2D eigenvalue weighted by atomic mass is 32.2. The van der Waals surface area contributed by atoms with E-state index in [1.54, 1.807) is 23.9 Å². The molecule has 1 aromatic heterocycles. The van der Waals surface area contributed by atoms with Crippen LogP contribution in [0.5, 0.6) is 0 Å². The summed E-state index contributed by atoms with van der Waals surface area (Å²) in [5, 5.41) is 2.74. The van der Waals surface area contributed by atoms with Gasteiger partial charge in [-0.3, -0.25) is 4.79 Å². The van der Waals surface area contributed by atoms with Gasteiger partial charge < -0.3 is 14.6 Å². The number of ether oxygens (including phenoxy) is 1. The first kappa shape index (κ1) is 17.1. The van der Waals surface area contributed by atoms with Gasteiger partial charge in [-0.15, -0.1) is 0 Å². The summed E-state index contributed by atoms with van der Waals surface area (Å²) in [6.07, 6.45) is 6.37. The van der Waals surface area contributed by atoms with E-state index in [2.05, 4.69) is 5.32 Å². The normalized spacial score (nSPS) is 11.7. The summed E-state index contributed by atoms with van der Waals surface area (Å²) in [5.74, 6) is 0.0732. The van der Waals surface area contributed by atoms with Gasteiger partial charge >= 0.3 is 5.97 Å². The van der Waals surface area contributed by atoms with Crippen LogP contribution in [-0.4, -0.2) is 41.6 Å². The smallest absolute Gasteiger partial charge is 0.328 e. The van der Waals surface area contributed by atoms with Crippen molar-refractivity contribution in [2.24, 2.45) is 0 Å². The van der Waals surface area contributed by atoms with Gasteiger partial charge in [0.25, 0.3) is 5.91 Å². The highest BCUT2D eigenvalue weighted by Crippen LogP contribution is 2.11. The van der Waals surface area contributed by atoms with E-state index < -0.39 is 12.0 Å². The number of carbonyl (C=O) groups is 2. The number of hydrogen-bond donors (Lipinski definition) is 1. The van der Waals surface area contributed by atoms with Gasteiger partial charge in [-0.2, -0.15) is 11.8 Å². The summed E-state index contributed by atoms with van der Waals surface area (Å²) in [6, 6.07) is 10.5. The Balaban J connectivity index is 2.05. The van der Waals surface area contributed by atoms with Crippen molar-refractivity contribution in [2.75, 3.05) is 19.1 Å². The number of rotatable bonds is 7. The number of carbonyl (C=O) groups excluding carboxylic acids is 2. The van der Waals surface area contributed by atoms with Crippen molar-refractivity contribution in [1.82, 2.24) is 9.88 Å². The van der Waals surface area contributed by atoms with E-state index in [1.165, 1.54) is 7.11 Å². The van der Waals surface area contributed by atoms with Crippen LogP contribution in [0.1, 0.15) is 16.8 Å². The monoisotopic (exact) mass is 332 g/mol. The maximum Gasteiger partial charge on any atom is 0.328 e. The second-order valence-electron chi connectivity index (χ2n) is 4.97. The Morgan fingerprint density at radius 2 is 1.87 bits per heavy atom. The highest BCUT2D eigenvalue weighted by Gasteiger charge is 2.21. The summed E-state index contributed by atoms with van der Waals surface area (Å²) < 4.78 is 6.70. The SMILES string of the molecule is COC(=O)C(CCSC)NC(=O)c1ccc(-n2cccc2)cc1. The quantitative estimate of drug-likeness (QED) is 0.792. The fourth-order valence-corrected chi connectivity index (χ4v) is 2.63. The number of hydrogen-bond acceptors (Lipinski definition) is 4. The number of aromatic nitrogens is 1. The van der Waals surface area contributed by atoms with E-state index >= 15 is 0 Å². The molecule has 0 radical (unpaired) electrons. The predicted molar refractivity (Wildman–Crippen MR) is 92.0 cm³/mol. The van der Waals surface area contributed by atoms with Gasteiger partial charge in [0, 0.05) is 23.6 Å². The van der Waals surface area contributed by atoms with Gasteiger partial charge in [0.1, 0.15) is 6.04 Å². The molecule has 0 fully saturated rings. The largest absolute Gasteiger partial charge is 0.467 e. The Bertz CT molecular complexity index is 638. The van der Waals surface area contributed by atoms with Crippen molar-refractivity contribution in [3.63, 3.8) is 0 Å². The molecule has 0 aliphatic heterocycles. The highest BCUT2D eigenvalue weighted by molar-refractivity contribution is 7.98. The predicted octanol–water partition coefficient (Wildman–Crippen LogP) is 2.50. The Morgan fingerprint density at radius 3 is 2.43 bits per heavy atom. The van der Waals surface area contributed by atoms with Crippen molar-refractivity contribution in [1.29, 1.82) is 0 Å². The minimum absolute atomic E-state index is 0.277. The first-order chi connectivity index (χ1) is 11.2. The van der Waals surface area contributed by atoms with Crippen LogP contribution in [0.2, 0.25) is 0 Å². The molecule has 6 heteroatoms. The zero-order valence-electron chi connectivity index (χ0n) is 13.2. The maximum atomic E-state index is 12.3. The van der Waals surface area contributed by atoms with Gasteiger partial charge in [-0.25, -0.2) is 4.79 Å². The molecule has 2 aromatic rings. The summed E-state index contributed by atoms with van der Waals surface area (Å²) >= 11 is 1.62. The second-order valence-corrected chi connectivity index (χ2v) is 5.95. The zero-order valence-corrected chi connectivity index (χ0v) is 14.0. The summed E-state index contributed by atoms with van der Waals surface area (Å²) in [5.41, 5.74) is 1.48. The Kier molecular flexibility index (Phi) is 6.29. The molecule has 1 unspecified atom stereocenters. The van der Waals surface area contributed by atoms with Crippen molar-refractivity contribution in [3.8, 4) is 5.69 Å². The van der Waals surface area contributed by atoms with Gasteiger partial charge in [-0.05, 0) is 54.8 Å². The molecule has 0 aliphatic carbocycles. The lowest BCUT2D eigenvalue weighted by atomic mass is 10.1. The molecule has 23 heavy (non-hydrogen) atoms. The Labute approximate surface area is 140 Å². The molecular formula is C17H20N2O3S. The second kappa shape index (κ2) is 8.43. The van der Waals surface area contributed by atoms with Crippen LogP contribution >= 0.6 is 11.8 Å². The molecule has 0 spiro atoms. The van der Waals surface area contributed by atoms with Crippen molar-refractivity contribution in [2.45, 2.75) is 12.5 Å². The van der Waals surface area contributed by atoms with Gasteiger partial charge in [0.15, 0.2) is 0 Å². The molecule has 0 saturated carbocycles. The number of benzene rings is 1. The summed E-state index contributed by atoms with van der Waals surface area (Å²) in [6.45, 7) is 0. The van der Waals surface area contributed by atoms with E-state index in [4.69, 9.17) is 4.74 Å². The average molecular weight is 332 g/mol. The van der Waals surface area contributed by atoms with Crippen LogP contribution in [0.4, 0.5) is 0 Å².